The Morgan fingerprint density at radius 3 is 2.12 bits per heavy atom. The van der Waals surface area contributed by atoms with Crippen molar-refractivity contribution in [3.63, 3.8) is 0 Å². The molecule has 6 heteroatoms. The summed E-state index contributed by atoms with van der Waals surface area (Å²) in [6.07, 6.45) is 8.46. The van der Waals surface area contributed by atoms with E-state index in [9.17, 15) is 14.4 Å². The normalized spacial score (nSPS) is 39.0. The lowest BCUT2D eigenvalue weighted by atomic mass is 9.63. The van der Waals surface area contributed by atoms with Gasteiger partial charge < -0.3 is 10.1 Å². The summed E-state index contributed by atoms with van der Waals surface area (Å²) >= 11 is 0. The first-order valence-electron chi connectivity index (χ1n) is 12.2. The number of likely N-dealkylation sites (tertiary alicyclic amines) is 1. The minimum absolute atomic E-state index is 0.0164. The van der Waals surface area contributed by atoms with Gasteiger partial charge in [0.05, 0.1) is 18.4 Å². The van der Waals surface area contributed by atoms with E-state index in [1.54, 1.807) is 4.90 Å². The average Bonchev–Trinajstić information content (AvgIpc) is 3.59. The molecule has 168 valence electrons. The molecule has 6 aliphatic rings. The lowest BCUT2D eigenvalue weighted by Crippen LogP contribution is -2.44. The van der Waals surface area contributed by atoms with E-state index >= 15 is 0 Å². The lowest BCUT2D eigenvalue weighted by Gasteiger charge is -2.37. The smallest absolute Gasteiger partial charge is 0.233 e. The lowest BCUT2D eigenvalue weighted by molar-refractivity contribution is -0.144. The molecule has 7 rings (SSSR count). The summed E-state index contributed by atoms with van der Waals surface area (Å²) < 4.78 is 5.44. The standard InChI is InChI=1S/C26H30N2O4/c1-2-32-17-9-5-15(6-10-17)27-24(29)14-3-7-16(8-4-14)28-25(30)22-18-11-12-19(21-13-20(18)21)23(22)26(28)31/h5-6,9-12,14,16,18-23H,2-4,7-8,13H2,1H3,(H,27,29)/t14?,16?,18-,19-,20-,21-,22+,23+/m0/s1. The number of amides is 3. The van der Waals surface area contributed by atoms with Crippen molar-refractivity contribution in [3.05, 3.63) is 36.4 Å². The van der Waals surface area contributed by atoms with E-state index in [0.717, 1.165) is 11.4 Å². The van der Waals surface area contributed by atoms with Crippen LogP contribution in [0.2, 0.25) is 0 Å². The second kappa shape index (κ2) is 7.46. The van der Waals surface area contributed by atoms with Crippen LogP contribution in [0, 0.1) is 41.4 Å². The molecule has 4 fully saturated rings. The number of nitrogens with zero attached hydrogens (tertiary/aromatic N) is 1. The van der Waals surface area contributed by atoms with Gasteiger partial charge >= 0.3 is 0 Å². The number of carbonyl (C=O) groups excluding carboxylic acids is 3. The maximum Gasteiger partial charge on any atom is 0.233 e. The van der Waals surface area contributed by atoms with Crippen LogP contribution in [-0.2, 0) is 14.4 Å². The van der Waals surface area contributed by atoms with Gasteiger partial charge in [0.2, 0.25) is 17.7 Å². The Morgan fingerprint density at radius 1 is 0.969 bits per heavy atom. The number of hydrogen-bond donors (Lipinski definition) is 1. The predicted octanol–water partition coefficient (Wildman–Crippen LogP) is 3.64. The van der Waals surface area contributed by atoms with E-state index in [4.69, 9.17) is 4.74 Å². The zero-order chi connectivity index (χ0) is 22.0. The van der Waals surface area contributed by atoms with E-state index in [0.29, 0.717) is 44.1 Å². The Balaban J connectivity index is 1.07. The second-order valence-corrected chi connectivity index (χ2v) is 10.2. The molecule has 1 heterocycles. The third-order valence-corrected chi connectivity index (χ3v) is 8.56. The van der Waals surface area contributed by atoms with Crippen molar-refractivity contribution in [2.75, 3.05) is 11.9 Å². The van der Waals surface area contributed by atoms with Crippen LogP contribution in [0.15, 0.2) is 36.4 Å². The molecule has 0 unspecified atom stereocenters. The molecular formula is C26H30N2O4. The topological polar surface area (TPSA) is 75.7 Å². The second-order valence-electron chi connectivity index (χ2n) is 10.2. The molecule has 1 saturated heterocycles. The molecule has 3 amide bonds. The maximum absolute atomic E-state index is 13.3. The fraction of sp³-hybridized carbons (Fsp3) is 0.577. The van der Waals surface area contributed by atoms with Crippen LogP contribution < -0.4 is 10.1 Å². The summed E-state index contributed by atoms with van der Waals surface area (Å²) in [6.45, 7) is 2.55. The minimum atomic E-state index is -0.123. The molecular weight excluding hydrogens is 404 g/mol. The van der Waals surface area contributed by atoms with Crippen molar-refractivity contribution in [1.82, 2.24) is 4.90 Å². The monoisotopic (exact) mass is 434 g/mol. The predicted molar refractivity (Wildman–Crippen MR) is 119 cm³/mol. The number of rotatable bonds is 5. The molecule has 1 N–H and O–H groups in total. The van der Waals surface area contributed by atoms with Gasteiger partial charge in [0.1, 0.15) is 5.75 Å². The molecule has 32 heavy (non-hydrogen) atoms. The molecule has 0 radical (unpaired) electrons. The van der Waals surface area contributed by atoms with Crippen LogP contribution in [0.4, 0.5) is 5.69 Å². The Bertz CT molecular complexity index is 942. The highest BCUT2D eigenvalue weighted by molar-refractivity contribution is 6.06. The number of ether oxygens (including phenoxy) is 1. The van der Waals surface area contributed by atoms with Crippen molar-refractivity contribution in [3.8, 4) is 5.75 Å². The van der Waals surface area contributed by atoms with Crippen molar-refractivity contribution >= 4 is 23.4 Å². The Hall–Kier alpha value is -2.63. The van der Waals surface area contributed by atoms with E-state index < -0.39 is 0 Å². The molecule has 1 aromatic carbocycles. The molecule has 6 nitrogen and oxygen atoms in total. The van der Waals surface area contributed by atoms with Crippen LogP contribution in [0.25, 0.3) is 0 Å². The van der Waals surface area contributed by atoms with Gasteiger partial charge in [-0.25, -0.2) is 0 Å². The van der Waals surface area contributed by atoms with Crippen molar-refractivity contribution in [2.24, 2.45) is 41.4 Å². The SMILES string of the molecule is CCOc1ccc(NC(=O)C2CCC(N3C(=O)[C@@H]4[C@H]5C=C[C@@H]([C@@H]6C[C@@H]56)[C@H]4C3=O)CC2)cc1. The van der Waals surface area contributed by atoms with Crippen molar-refractivity contribution < 1.29 is 19.1 Å². The molecule has 3 saturated carbocycles. The molecule has 0 spiro atoms. The highest BCUT2D eigenvalue weighted by Crippen LogP contribution is 2.65. The van der Waals surface area contributed by atoms with Gasteiger partial charge in [-0.05, 0) is 87.0 Å². The minimum Gasteiger partial charge on any atom is -0.494 e. The van der Waals surface area contributed by atoms with Crippen LogP contribution in [0.3, 0.4) is 0 Å². The summed E-state index contributed by atoms with van der Waals surface area (Å²) in [6, 6.07) is 7.36. The summed E-state index contributed by atoms with van der Waals surface area (Å²) in [4.78, 5) is 41.0. The summed E-state index contributed by atoms with van der Waals surface area (Å²) in [7, 11) is 0. The molecule has 6 atom stereocenters. The molecule has 5 aliphatic carbocycles. The molecule has 0 aromatic heterocycles. The number of carbonyl (C=O) groups is 3. The zero-order valence-corrected chi connectivity index (χ0v) is 18.4. The highest BCUT2D eigenvalue weighted by Gasteiger charge is 2.67. The van der Waals surface area contributed by atoms with E-state index in [2.05, 4.69) is 17.5 Å². The number of allylic oxidation sites excluding steroid dienone is 2. The van der Waals surface area contributed by atoms with Gasteiger partial charge in [0.15, 0.2) is 0 Å². The summed E-state index contributed by atoms with van der Waals surface area (Å²) in [5, 5.41) is 3.00. The Kier molecular flexibility index (Phi) is 4.67. The Morgan fingerprint density at radius 2 is 1.56 bits per heavy atom. The first kappa shape index (κ1) is 20.0. The van der Waals surface area contributed by atoms with Gasteiger partial charge in [-0.15, -0.1) is 0 Å². The third-order valence-electron chi connectivity index (χ3n) is 8.56. The molecule has 1 aliphatic heterocycles. The van der Waals surface area contributed by atoms with Crippen LogP contribution in [0.5, 0.6) is 5.75 Å². The number of hydrogen-bond acceptors (Lipinski definition) is 4. The highest BCUT2D eigenvalue weighted by atomic mass is 16.5. The van der Waals surface area contributed by atoms with Crippen molar-refractivity contribution in [1.29, 1.82) is 0 Å². The summed E-state index contributed by atoms with van der Waals surface area (Å²) in [5.41, 5.74) is 0.760. The van der Waals surface area contributed by atoms with Crippen LogP contribution in [0.1, 0.15) is 39.0 Å². The van der Waals surface area contributed by atoms with Gasteiger partial charge in [-0.1, -0.05) is 12.2 Å². The number of anilines is 1. The first-order chi connectivity index (χ1) is 15.6. The van der Waals surface area contributed by atoms with E-state index in [1.807, 2.05) is 31.2 Å². The van der Waals surface area contributed by atoms with Gasteiger partial charge in [0.25, 0.3) is 0 Å². The fourth-order valence-electron chi connectivity index (χ4n) is 6.98. The Labute approximate surface area is 188 Å². The largest absolute Gasteiger partial charge is 0.494 e. The number of benzene rings is 1. The van der Waals surface area contributed by atoms with Crippen LogP contribution >= 0.6 is 0 Å². The first-order valence-corrected chi connectivity index (χ1v) is 12.2. The van der Waals surface area contributed by atoms with Gasteiger partial charge in [-0.3, -0.25) is 19.3 Å². The fourth-order valence-corrected chi connectivity index (χ4v) is 6.98. The zero-order valence-electron chi connectivity index (χ0n) is 18.4. The maximum atomic E-state index is 13.3. The van der Waals surface area contributed by atoms with Gasteiger partial charge in [0, 0.05) is 17.6 Å². The molecule has 2 bridgehead atoms. The van der Waals surface area contributed by atoms with Crippen molar-refractivity contribution in [2.45, 2.75) is 45.1 Å². The van der Waals surface area contributed by atoms with Crippen LogP contribution in [-0.4, -0.2) is 35.3 Å². The van der Waals surface area contributed by atoms with E-state index in [-0.39, 0.29) is 53.4 Å². The quantitative estimate of drug-likeness (QED) is 0.567. The van der Waals surface area contributed by atoms with E-state index in [1.165, 1.54) is 6.42 Å². The third kappa shape index (κ3) is 3.02. The number of imide groups is 1. The average molecular weight is 435 g/mol. The summed E-state index contributed by atoms with van der Waals surface area (Å²) in [5.74, 6) is 2.40. The number of nitrogens with one attached hydrogen (secondary N) is 1. The van der Waals surface area contributed by atoms with Gasteiger partial charge in [-0.2, -0.15) is 0 Å². The molecule has 1 aromatic rings.